The molecule has 1 aliphatic heterocycles. The molecule has 0 atom stereocenters. The second kappa shape index (κ2) is 7.37. The number of carbonyl (C=O) groups excluding carboxylic acids is 2. The quantitative estimate of drug-likeness (QED) is 0.852. The van der Waals surface area contributed by atoms with Gasteiger partial charge in [-0.15, -0.1) is 0 Å². The minimum absolute atomic E-state index is 0.0896. The van der Waals surface area contributed by atoms with Crippen LogP contribution in [0.15, 0.2) is 24.3 Å². The number of hydrogen-bond donors (Lipinski definition) is 0. The highest BCUT2D eigenvalue weighted by atomic mass is 16.2. The Morgan fingerprint density at radius 1 is 1.00 bits per heavy atom. The van der Waals surface area contributed by atoms with Gasteiger partial charge < -0.3 is 9.80 Å². The Kier molecular flexibility index (Phi) is 5.22. The molecule has 3 rings (SSSR count). The van der Waals surface area contributed by atoms with Crippen LogP contribution in [0, 0.1) is 11.8 Å². The molecule has 1 saturated heterocycles. The molecule has 1 saturated carbocycles. The van der Waals surface area contributed by atoms with Crippen molar-refractivity contribution in [3.05, 3.63) is 35.4 Å². The number of benzene rings is 1. The first-order valence-electron chi connectivity index (χ1n) is 9.21. The first-order valence-corrected chi connectivity index (χ1v) is 9.21. The van der Waals surface area contributed by atoms with Gasteiger partial charge in [-0.1, -0.05) is 26.0 Å². The average molecular weight is 328 g/mol. The van der Waals surface area contributed by atoms with Crippen molar-refractivity contribution in [3.8, 4) is 0 Å². The SMILES string of the molecule is CC(C)Cc1ccc(C(=O)N2CCCN(C(=O)C3CC3)CC2)cc1. The summed E-state index contributed by atoms with van der Waals surface area (Å²) in [5, 5.41) is 0. The van der Waals surface area contributed by atoms with Gasteiger partial charge in [0.2, 0.25) is 5.91 Å². The lowest BCUT2D eigenvalue weighted by Gasteiger charge is -2.22. The molecular weight excluding hydrogens is 300 g/mol. The van der Waals surface area contributed by atoms with E-state index < -0.39 is 0 Å². The highest BCUT2D eigenvalue weighted by Gasteiger charge is 2.34. The fourth-order valence-corrected chi connectivity index (χ4v) is 3.37. The van der Waals surface area contributed by atoms with Gasteiger partial charge in [0.15, 0.2) is 0 Å². The van der Waals surface area contributed by atoms with Crippen molar-refractivity contribution < 1.29 is 9.59 Å². The average Bonchev–Trinajstić information content (AvgIpc) is 3.40. The van der Waals surface area contributed by atoms with Crippen LogP contribution in [0.25, 0.3) is 0 Å². The van der Waals surface area contributed by atoms with E-state index in [4.69, 9.17) is 0 Å². The Balaban J connectivity index is 1.59. The predicted octanol–water partition coefficient (Wildman–Crippen LogP) is 2.97. The molecule has 0 N–H and O–H groups in total. The van der Waals surface area contributed by atoms with Crippen molar-refractivity contribution in [3.63, 3.8) is 0 Å². The van der Waals surface area contributed by atoms with Crippen LogP contribution in [-0.2, 0) is 11.2 Å². The Labute approximate surface area is 144 Å². The highest BCUT2D eigenvalue weighted by Crippen LogP contribution is 2.31. The maximum atomic E-state index is 12.7. The van der Waals surface area contributed by atoms with Gasteiger partial charge in [0, 0.05) is 37.7 Å². The zero-order valence-electron chi connectivity index (χ0n) is 14.8. The maximum absolute atomic E-state index is 12.7. The summed E-state index contributed by atoms with van der Waals surface area (Å²) in [4.78, 5) is 28.8. The summed E-state index contributed by atoms with van der Waals surface area (Å²) >= 11 is 0. The largest absolute Gasteiger partial charge is 0.341 e. The van der Waals surface area contributed by atoms with Crippen LogP contribution >= 0.6 is 0 Å². The molecule has 0 bridgehead atoms. The summed E-state index contributed by atoms with van der Waals surface area (Å²) in [7, 11) is 0. The molecule has 24 heavy (non-hydrogen) atoms. The number of hydrogen-bond acceptors (Lipinski definition) is 2. The molecule has 1 heterocycles. The monoisotopic (exact) mass is 328 g/mol. The van der Waals surface area contributed by atoms with Crippen LogP contribution in [0.1, 0.15) is 49.0 Å². The van der Waals surface area contributed by atoms with E-state index in [1.807, 2.05) is 21.9 Å². The van der Waals surface area contributed by atoms with E-state index >= 15 is 0 Å². The molecule has 130 valence electrons. The van der Waals surface area contributed by atoms with Gasteiger partial charge in [0.25, 0.3) is 5.91 Å². The zero-order valence-corrected chi connectivity index (χ0v) is 14.8. The fraction of sp³-hybridized carbons (Fsp3) is 0.600. The van der Waals surface area contributed by atoms with Crippen molar-refractivity contribution >= 4 is 11.8 Å². The van der Waals surface area contributed by atoms with Crippen LogP contribution in [0.2, 0.25) is 0 Å². The molecule has 0 unspecified atom stereocenters. The van der Waals surface area contributed by atoms with E-state index in [0.717, 1.165) is 44.3 Å². The van der Waals surface area contributed by atoms with Crippen LogP contribution in [0.4, 0.5) is 0 Å². The molecule has 2 aliphatic rings. The van der Waals surface area contributed by atoms with Crippen molar-refractivity contribution in [2.45, 2.75) is 39.5 Å². The highest BCUT2D eigenvalue weighted by molar-refractivity contribution is 5.94. The Morgan fingerprint density at radius 3 is 2.25 bits per heavy atom. The standard InChI is InChI=1S/C20H28N2O2/c1-15(2)14-16-4-6-17(7-5-16)19(23)21-10-3-11-22(13-12-21)20(24)18-8-9-18/h4-7,15,18H,3,8-14H2,1-2H3. The van der Waals surface area contributed by atoms with Crippen molar-refractivity contribution in [1.29, 1.82) is 0 Å². The first kappa shape index (κ1) is 17.0. The molecule has 0 aromatic heterocycles. The van der Waals surface area contributed by atoms with Crippen LogP contribution in [0.5, 0.6) is 0 Å². The fourth-order valence-electron chi connectivity index (χ4n) is 3.37. The van der Waals surface area contributed by atoms with Gasteiger partial charge >= 0.3 is 0 Å². The zero-order chi connectivity index (χ0) is 17.1. The van der Waals surface area contributed by atoms with Gasteiger partial charge in [-0.3, -0.25) is 9.59 Å². The van der Waals surface area contributed by atoms with Gasteiger partial charge in [-0.05, 0) is 49.3 Å². The molecule has 2 fully saturated rings. The number of amides is 2. The third-order valence-electron chi connectivity index (χ3n) is 4.87. The minimum atomic E-state index is 0.0896. The van der Waals surface area contributed by atoms with Gasteiger partial charge in [0.05, 0.1) is 0 Å². The first-order chi connectivity index (χ1) is 11.5. The van der Waals surface area contributed by atoms with Crippen molar-refractivity contribution in [2.75, 3.05) is 26.2 Å². The summed E-state index contributed by atoms with van der Waals surface area (Å²) in [6.45, 7) is 7.24. The van der Waals surface area contributed by atoms with E-state index in [2.05, 4.69) is 26.0 Å². The lowest BCUT2D eigenvalue weighted by atomic mass is 10.0. The number of carbonyl (C=O) groups is 2. The van der Waals surface area contributed by atoms with Gasteiger partial charge in [-0.2, -0.15) is 0 Å². The third kappa shape index (κ3) is 4.16. The van der Waals surface area contributed by atoms with E-state index in [1.54, 1.807) is 0 Å². The summed E-state index contributed by atoms with van der Waals surface area (Å²) in [5.41, 5.74) is 2.03. The van der Waals surface area contributed by atoms with Crippen LogP contribution < -0.4 is 0 Å². The third-order valence-corrected chi connectivity index (χ3v) is 4.87. The van der Waals surface area contributed by atoms with E-state index in [1.165, 1.54) is 5.56 Å². The molecule has 1 aromatic rings. The Hall–Kier alpha value is -1.84. The van der Waals surface area contributed by atoms with Gasteiger partial charge in [-0.25, -0.2) is 0 Å². The van der Waals surface area contributed by atoms with E-state index in [0.29, 0.717) is 24.9 Å². The van der Waals surface area contributed by atoms with Crippen LogP contribution in [0.3, 0.4) is 0 Å². The Morgan fingerprint density at radius 2 is 1.62 bits per heavy atom. The smallest absolute Gasteiger partial charge is 0.253 e. The maximum Gasteiger partial charge on any atom is 0.253 e. The summed E-state index contributed by atoms with van der Waals surface area (Å²) in [6, 6.07) is 8.01. The lowest BCUT2D eigenvalue weighted by molar-refractivity contribution is -0.132. The second-order valence-electron chi connectivity index (χ2n) is 7.54. The number of rotatable bonds is 4. The molecule has 4 nitrogen and oxygen atoms in total. The number of nitrogens with zero attached hydrogens (tertiary/aromatic N) is 2. The molecule has 1 aliphatic carbocycles. The molecule has 2 amide bonds. The normalized spacial score (nSPS) is 18.6. The van der Waals surface area contributed by atoms with Gasteiger partial charge in [0.1, 0.15) is 0 Å². The van der Waals surface area contributed by atoms with Crippen LogP contribution in [-0.4, -0.2) is 47.8 Å². The summed E-state index contributed by atoms with van der Waals surface area (Å²) in [6.07, 6.45) is 3.99. The second-order valence-corrected chi connectivity index (χ2v) is 7.54. The lowest BCUT2D eigenvalue weighted by Crippen LogP contribution is -2.37. The summed E-state index contributed by atoms with van der Waals surface area (Å²) in [5.74, 6) is 1.27. The van der Waals surface area contributed by atoms with E-state index in [-0.39, 0.29) is 11.8 Å². The molecule has 4 heteroatoms. The molecule has 0 spiro atoms. The van der Waals surface area contributed by atoms with Crippen molar-refractivity contribution in [1.82, 2.24) is 9.80 Å². The molecular formula is C20H28N2O2. The molecule has 0 radical (unpaired) electrons. The molecule has 1 aromatic carbocycles. The minimum Gasteiger partial charge on any atom is -0.341 e. The van der Waals surface area contributed by atoms with Crippen molar-refractivity contribution in [2.24, 2.45) is 11.8 Å². The van der Waals surface area contributed by atoms with E-state index in [9.17, 15) is 9.59 Å². The predicted molar refractivity (Wildman–Crippen MR) is 94.8 cm³/mol. The topological polar surface area (TPSA) is 40.6 Å². The summed E-state index contributed by atoms with van der Waals surface area (Å²) < 4.78 is 0. The Bertz CT molecular complexity index is 590.